The van der Waals surface area contributed by atoms with Crippen LogP contribution in [0.3, 0.4) is 0 Å². The van der Waals surface area contributed by atoms with E-state index in [4.69, 9.17) is 0 Å². The van der Waals surface area contributed by atoms with Crippen LogP contribution >= 0.6 is 0 Å². The summed E-state index contributed by atoms with van der Waals surface area (Å²) in [5, 5.41) is 0. The van der Waals surface area contributed by atoms with Crippen molar-refractivity contribution in [1.82, 2.24) is 0 Å². The minimum Gasteiger partial charge on any atom is -0.293 e. The lowest BCUT2D eigenvalue weighted by Gasteiger charge is -2.17. The third-order valence-corrected chi connectivity index (χ3v) is 2.20. The molecule has 0 spiro atoms. The Hall–Kier alpha value is -1.44. The number of carbonyl (C=O) groups is 1. The van der Waals surface area contributed by atoms with E-state index in [1.165, 1.54) is 24.3 Å². The van der Waals surface area contributed by atoms with E-state index >= 15 is 0 Å². The van der Waals surface area contributed by atoms with Crippen molar-refractivity contribution in [2.75, 3.05) is 0 Å². The molecule has 0 saturated carbocycles. The zero-order chi connectivity index (χ0) is 10.8. The van der Waals surface area contributed by atoms with Crippen LogP contribution in [0.5, 0.6) is 0 Å². The number of hydrogen-bond donors (Lipinski definition) is 0. The molecule has 1 nitrogen and oxygen atoms in total. The van der Waals surface area contributed by atoms with Crippen molar-refractivity contribution in [3.05, 3.63) is 48.3 Å². The van der Waals surface area contributed by atoms with E-state index in [0.717, 1.165) is 0 Å². The summed E-state index contributed by atoms with van der Waals surface area (Å²) >= 11 is 0. The molecule has 1 aromatic rings. The van der Waals surface area contributed by atoms with Gasteiger partial charge in [0.1, 0.15) is 5.82 Å². The summed E-state index contributed by atoms with van der Waals surface area (Å²) in [6, 6.07) is 5.55. The minimum absolute atomic E-state index is 0.0486. The van der Waals surface area contributed by atoms with Crippen molar-refractivity contribution in [2.45, 2.75) is 13.8 Å². The molecule has 0 amide bonds. The van der Waals surface area contributed by atoms with Crippen LogP contribution in [0, 0.1) is 11.2 Å². The molecule has 0 N–H and O–H groups in total. The van der Waals surface area contributed by atoms with E-state index in [9.17, 15) is 9.18 Å². The van der Waals surface area contributed by atoms with Crippen molar-refractivity contribution < 1.29 is 9.18 Å². The van der Waals surface area contributed by atoms with Gasteiger partial charge >= 0.3 is 0 Å². The molecule has 74 valence electrons. The van der Waals surface area contributed by atoms with Crippen LogP contribution in [0.1, 0.15) is 24.2 Å². The summed E-state index contributed by atoms with van der Waals surface area (Å²) in [6.07, 6.45) is 1.60. The summed E-state index contributed by atoms with van der Waals surface area (Å²) in [6.45, 7) is 7.17. The summed E-state index contributed by atoms with van der Waals surface area (Å²) in [4.78, 5) is 11.8. The molecule has 0 unspecified atom stereocenters. The average molecular weight is 192 g/mol. The van der Waals surface area contributed by atoms with Crippen LogP contribution in [0.25, 0.3) is 0 Å². The highest BCUT2D eigenvalue weighted by Gasteiger charge is 2.24. The maximum Gasteiger partial charge on any atom is 0.172 e. The normalized spacial score (nSPS) is 11.1. The molecule has 0 heterocycles. The maximum atomic E-state index is 12.6. The molecule has 0 aliphatic heterocycles. The Balaban J connectivity index is 3.01. The van der Waals surface area contributed by atoms with Gasteiger partial charge in [0.25, 0.3) is 0 Å². The second kappa shape index (κ2) is 3.74. The number of ketones is 1. The first kappa shape index (κ1) is 10.6. The molecule has 1 rings (SSSR count). The summed E-state index contributed by atoms with van der Waals surface area (Å²) in [7, 11) is 0. The first-order chi connectivity index (χ1) is 6.47. The molecule has 1 aromatic carbocycles. The SMILES string of the molecule is C=CC(C)(C)C(=O)c1ccc(F)cc1. The molecule has 0 fully saturated rings. The van der Waals surface area contributed by atoms with Gasteiger partial charge in [-0.3, -0.25) is 4.79 Å². The van der Waals surface area contributed by atoms with Crippen LogP contribution in [0.15, 0.2) is 36.9 Å². The van der Waals surface area contributed by atoms with Crippen LogP contribution < -0.4 is 0 Å². The number of carbonyl (C=O) groups excluding carboxylic acids is 1. The number of halogens is 1. The molecular formula is C12H13FO. The third kappa shape index (κ3) is 2.08. The van der Waals surface area contributed by atoms with Gasteiger partial charge in [0, 0.05) is 11.0 Å². The second-order valence-corrected chi connectivity index (χ2v) is 3.76. The quantitative estimate of drug-likeness (QED) is 0.531. The highest BCUT2D eigenvalue weighted by molar-refractivity contribution is 6.01. The van der Waals surface area contributed by atoms with Crippen molar-refractivity contribution in [2.24, 2.45) is 5.41 Å². The van der Waals surface area contributed by atoms with Gasteiger partial charge < -0.3 is 0 Å². The largest absolute Gasteiger partial charge is 0.293 e. The maximum absolute atomic E-state index is 12.6. The lowest BCUT2D eigenvalue weighted by molar-refractivity contribution is 0.0886. The van der Waals surface area contributed by atoms with Crippen LogP contribution in [0.4, 0.5) is 4.39 Å². The Morgan fingerprint density at radius 3 is 2.29 bits per heavy atom. The molecule has 0 aliphatic carbocycles. The molecule has 0 atom stereocenters. The van der Waals surface area contributed by atoms with E-state index in [0.29, 0.717) is 5.56 Å². The van der Waals surface area contributed by atoms with Crippen molar-refractivity contribution >= 4 is 5.78 Å². The van der Waals surface area contributed by atoms with E-state index in [1.807, 2.05) is 0 Å². The highest BCUT2D eigenvalue weighted by Crippen LogP contribution is 2.22. The molecule has 0 aliphatic rings. The molecule has 14 heavy (non-hydrogen) atoms. The first-order valence-electron chi connectivity index (χ1n) is 4.41. The fourth-order valence-corrected chi connectivity index (χ4v) is 1.07. The van der Waals surface area contributed by atoms with Crippen molar-refractivity contribution in [3.8, 4) is 0 Å². The van der Waals surface area contributed by atoms with Crippen molar-refractivity contribution in [3.63, 3.8) is 0 Å². The standard InChI is InChI=1S/C12H13FO/c1-4-12(2,3)11(14)9-5-7-10(13)8-6-9/h4-8H,1H2,2-3H3. The number of benzene rings is 1. The smallest absolute Gasteiger partial charge is 0.172 e. The third-order valence-electron chi connectivity index (χ3n) is 2.20. The first-order valence-corrected chi connectivity index (χ1v) is 4.41. The molecule has 0 saturated heterocycles. The Labute approximate surface area is 83.3 Å². The number of allylic oxidation sites excluding steroid dienone is 1. The minimum atomic E-state index is -0.599. The molecule has 0 bridgehead atoms. The lowest BCUT2D eigenvalue weighted by Crippen LogP contribution is -2.21. The number of rotatable bonds is 3. The fraction of sp³-hybridized carbons (Fsp3) is 0.250. The predicted molar refractivity (Wildman–Crippen MR) is 54.7 cm³/mol. The topological polar surface area (TPSA) is 17.1 Å². The summed E-state index contributed by atoms with van der Waals surface area (Å²) in [5.74, 6) is -0.384. The molecular weight excluding hydrogens is 179 g/mol. The van der Waals surface area contributed by atoms with Crippen molar-refractivity contribution in [1.29, 1.82) is 0 Å². The van der Waals surface area contributed by atoms with Crippen LogP contribution in [0.2, 0.25) is 0 Å². The molecule has 2 heteroatoms. The van der Waals surface area contributed by atoms with Gasteiger partial charge in [0.15, 0.2) is 5.78 Å². The van der Waals surface area contributed by atoms with Gasteiger partial charge in [-0.05, 0) is 38.1 Å². The second-order valence-electron chi connectivity index (χ2n) is 3.76. The Kier molecular flexibility index (Phi) is 2.84. The van der Waals surface area contributed by atoms with Crippen LogP contribution in [-0.4, -0.2) is 5.78 Å². The van der Waals surface area contributed by atoms with E-state index < -0.39 is 5.41 Å². The van der Waals surface area contributed by atoms with Gasteiger partial charge in [-0.15, -0.1) is 6.58 Å². The van der Waals surface area contributed by atoms with E-state index in [-0.39, 0.29) is 11.6 Å². The highest BCUT2D eigenvalue weighted by atomic mass is 19.1. The average Bonchev–Trinajstić information content (AvgIpc) is 2.18. The number of Topliss-reactive ketones (excluding diaryl/α,β-unsaturated/α-hetero) is 1. The zero-order valence-corrected chi connectivity index (χ0v) is 8.38. The van der Waals surface area contributed by atoms with Gasteiger partial charge in [-0.1, -0.05) is 6.08 Å². The predicted octanol–water partition coefficient (Wildman–Crippen LogP) is 3.22. The number of hydrogen-bond acceptors (Lipinski definition) is 1. The lowest BCUT2D eigenvalue weighted by atomic mass is 9.84. The van der Waals surface area contributed by atoms with Gasteiger partial charge in [-0.25, -0.2) is 4.39 Å². The molecule has 0 radical (unpaired) electrons. The van der Waals surface area contributed by atoms with E-state index in [1.54, 1.807) is 19.9 Å². The van der Waals surface area contributed by atoms with Gasteiger partial charge in [0.2, 0.25) is 0 Å². The van der Waals surface area contributed by atoms with Gasteiger partial charge in [0.05, 0.1) is 0 Å². The fourth-order valence-electron chi connectivity index (χ4n) is 1.07. The van der Waals surface area contributed by atoms with E-state index in [2.05, 4.69) is 6.58 Å². The monoisotopic (exact) mass is 192 g/mol. The van der Waals surface area contributed by atoms with Crippen LogP contribution in [-0.2, 0) is 0 Å². The Morgan fingerprint density at radius 1 is 1.36 bits per heavy atom. The Morgan fingerprint density at radius 2 is 1.86 bits per heavy atom. The summed E-state index contributed by atoms with van der Waals surface area (Å²) in [5.41, 5.74) is -0.0889. The van der Waals surface area contributed by atoms with Gasteiger partial charge in [-0.2, -0.15) is 0 Å². The Bertz CT molecular complexity index is 349. The summed E-state index contributed by atoms with van der Waals surface area (Å²) < 4.78 is 12.6. The molecule has 0 aromatic heterocycles. The zero-order valence-electron chi connectivity index (χ0n) is 8.38.